The highest BCUT2D eigenvalue weighted by molar-refractivity contribution is 7.22. The molecule has 31 heavy (non-hydrogen) atoms. The van der Waals surface area contributed by atoms with Gasteiger partial charge in [0.15, 0.2) is 5.13 Å². The highest BCUT2D eigenvalue weighted by Crippen LogP contribution is 2.35. The fourth-order valence-corrected chi connectivity index (χ4v) is 4.86. The zero-order chi connectivity index (χ0) is 21.6. The molecule has 1 amide bonds. The number of thiazole rings is 1. The smallest absolute Gasteiger partial charge is 0.261 e. The van der Waals surface area contributed by atoms with Crippen molar-refractivity contribution >= 4 is 44.2 Å². The van der Waals surface area contributed by atoms with Gasteiger partial charge in [-0.1, -0.05) is 41.1 Å². The standard InChI is InChI=1S/C23H26ClN3O3S/c1-2-30-19-9-5-10-20-21(19)25-23(31-20)27(12-6-11-26-13-15-29-16-14-26)22(28)17-7-3-4-8-18(17)24/h3-5,7-10H,2,6,11-16H2,1H3. The molecule has 6 nitrogen and oxygen atoms in total. The average molecular weight is 460 g/mol. The first kappa shape index (κ1) is 22.0. The fourth-order valence-electron chi connectivity index (χ4n) is 3.64. The third kappa shape index (κ3) is 5.18. The number of hydrogen-bond acceptors (Lipinski definition) is 6. The largest absolute Gasteiger partial charge is 0.492 e. The number of hydrogen-bond donors (Lipinski definition) is 0. The number of para-hydroxylation sites is 1. The van der Waals surface area contributed by atoms with Crippen LogP contribution in [0.25, 0.3) is 10.2 Å². The molecule has 2 aromatic carbocycles. The van der Waals surface area contributed by atoms with Crippen molar-refractivity contribution in [1.82, 2.24) is 9.88 Å². The summed E-state index contributed by atoms with van der Waals surface area (Å²) < 4.78 is 12.2. The Labute approximate surface area is 191 Å². The predicted molar refractivity (Wildman–Crippen MR) is 126 cm³/mol. The van der Waals surface area contributed by atoms with Gasteiger partial charge in [-0.3, -0.25) is 14.6 Å². The van der Waals surface area contributed by atoms with Crippen LogP contribution in [-0.2, 0) is 4.74 Å². The van der Waals surface area contributed by atoms with Crippen molar-refractivity contribution in [3.8, 4) is 5.75 Å². The normalized spacial score (nSPS) is 14.6. The van der Waals surface area contributed by atoms with Crippen molar-refractivity contribution in [3.63, 3.8) is 0 Å². The minimum atomic E-state index is -0.135. The molecular weight excluding hydrogens is 434 g/mol. The topological polar surface area (TPSA) is 54.9 Å². The van der Waals surface area contributed by atoms with E-state index < -0.39 is 0 Å². The van der Waals surface area contributed by atoms with E-state index in [2.05, 4.69) is 4.90 Å². The van der Waals surface area contributed by atoms with E-state index in [0.717, 1.165) is 55.2 Å². The minimum Gasteiger partial charge on any atom is -0.492 e. The molecule has 2 heterocycles. The van der Waals surface area contributed by atoms with Gasteiger partial charge in [-0.15, -0.1) is 0 Å². The second-order valence-electron chi connectivity index (χ2n) is 7.28. The molecule has 0 bridgehead atoms. The number of amides is 1. The molecule has 8 heteroatoms. The van der Waals surface area contributed by atoms with E-state index >= 15 is 0 Å². The summed E-state index contributed by atoms with van der Waals surface area (Å²) in [4.78, 5) is 22.4. The van der Waals surface area contributed by atoms with Gasteiger partial charge in [0.05, 0.1) is 35.1 Å². The van der Waals surface area contributed by atoms with Crippen molar-refractivity contribution in [2.24, 2.45) is 0 Å². The van der Waals surface area contributed by atoms with Gasteiger partial charge in [0.25, 0.3) is 5.91 Å². The van der Waals surface area contributed by atoms with Crippen molar-refractivity contribution < 1.29 is 14.3 Å². The second-order valence-corrected chi connectivity index (χ2v) is 8.69. The lowest BCUT2D eigenvalue weighted by Crippen LogP contribution is -2.39. The first-order valence-electron chi connectivity index (χ1n) is 10.6. The minimum absolute atomic E-state index is 0.135. The summed E-state index contributed by atoms with van der Waals surface area (Å²) in [7, 11) is 0. The van der Waals surface area contributed by atoms with Crippen LogP contribution in [0.15, 0.2) is 42.5 Å². The van der Waals surface area contributed by atoms with Gasteiger partial charge in [-0.2, -0.15) is 0 Å². The molecular formula is C23H26ClN3O3S. The number of benzene rings is 2. The molecule has 0 N–H and O–H groups in total. The highest BCUT2D eigenvalue weighted by Gasteiger charge is 2.24. The van der Waals surface area contributed by atoms with Crippen molar-refractivity contribution in [3.05, 3.63) is 53.1 Å². The summed E-state index contributed by atoms with van der Waals surface area (Å²) >= 11 is 7.84. The molecule has 164 valence electrons. The van der Waals surface area contributed by atoms with E-state index in [-0.39, 0.29) is 5.91 Å². The molecule has 0 aliphatic carbocycles. The number of rotatable bonds is 8. The van der Waals surface area contributed by atoms with Crippen LogP contribution in [0.4, 0.5) is 5.13 Å². The Balaban J connectivity index is 1.61. The van der Waals surface area contributed by atoms with Gasteiger partial charge < -0.3 is 9.47 Å². The number of halogens is 1. The van der Waals surface area contributed by atoms with Crippen LogP contribution in [0.5, 0.6) is 5.75 Å². The van der Waals surface area contributed by atoms with Crippen LogP contribution in [0.1, 0.15) is 23.7 Å². The van der Waals surface area contributed by atoms with Crippen LogP contribution in [0.2, 0.25) is 5.02 Å². The number of nitrogens with zero attached hydrogens (tertiary/aromatic N) is 3. The highest BCUT2D eigenvalue weighted by atomic mass is 35.5. The maximum absolute atomic E-state index is 13.5. The van der Waals surface area contributed by atoms with Gasteiger partial charge in [-0.25, -0.2) is 4.98 Å². The SMILES string of the molecule is CCOc1cccc2sc(N(CCCN3CCOCC3)C(=O)c3ccccc3Cl)nc12. The maximum atomic E-state index is 13.5. The van der Waals surface area contributed by atoms with Crippen molar-refractivity contribution in [1.29, 1.82) is 0 Å². The lowest BCUT2D eigenvalue weighted by molar-refractivity contribution is 0.0376. The van der Waals surface area contributed by atoms with Gasteiger partial charge in [0.1, 0.15) is 11.3 Å². The molecule has 0 radical (unpaired) electrons. The molecule has 0 spiro atoms. The van der Waals surface area contributed by atoms with Gasteiger partial charge in [0, 0.05) is 26.2 Å². The predicted octanol–water partition coefficient (Wildman–Crippen LogP) is 4.72. The van der Waals surface area contributed by atoms with E-state index in [1.54, 1.807) is 17.0 Å². The zero-order valence-electron chi connectivity index (χ0n) is 17.6. The average Bonchev–Trinajstić information content (AvgIpc) is 3.22. The Kier molecular flexibility index (Phi) is 7.40. The summed E-state index contributed by atoms with van der Waals surface area (Å²) in [5.41, 5.74) is 1.27. The zero-order valence-corrected chi connectivity index (χ0v) is 19.1. The Morgan fingerprint density at radius 2 is 2.03 bits per heavy atom. The molecule has 3 aromatic rings. The Bertz CT molecular complexity index is 1040. The molecule has 4 rings (SSSR count). The lowest BCUT2D eigenvalue weighted by Gasteiger charge is -2.27. The Morgan fingerprint density at radius 1 is 1.23 bits per heavy atom. The summed E-state index contributed by atoms with van der Waals surface area (Å²) in [5, 5.41) is 1.11. The number of ether oxygens (including phenoxy) is 2. The number of carbonyl (C=O) groups excluding carboxylic acids is 1. The quantitative estimate of drug-likeness (QED) is 0.488. The number of carbonyl (C=O) groups is 1. The molecule has 0 atom stereocenters. The van der Waals surface area contributed by atoms with E-state index in [0.29, 0.717) is 28.9 Å². The van der Waals surface area contributed by atoms with Crippen LogP contribution in [0.3, 0.4) is 0 Å². The molecule has 0 saturated carbocycles. The number of fused-ring (bicyclic) bond motifs is 1. The van der Waals surface area contributed by atoms with Gasteiger partial charge >= 0.3 is 0 Å². The second kappa shape index (κ2) is 10.4. The fraction of sp³-hybridized carbons (Fsp3) is 0.391. The van der Waals surface area contributed by atoms with Crippen LogP contribution in [-0.4, -0.2) is 61.8 Å². The van der Waals surface area contributed by atoms with Crippen LogP contribution < -0.4 is 9.64 Å². The molecule has 1 aliphatic heterocycles. The number of anilines is 1. The monoisotopic (exact) mass is 459 g/mol. The third-order valence-corrected chi connectivity index (χ3v) is 6.58. The summed E-state index contributed by atoms with van der Waals surface area (Å²) in [6, 6.07) is 13.0. The third-order valence-electron chi connectivity index (χ3n) is 5.21. The van der Waals surface area contributed by atoms with Crippen molar-refractivity contribution in [2.45, 2.75) is 13.3 Å². The van der Waals surface area contributed by atoms with E-state index in [4.69, 9.17) is 26.1 Å². The van der Waals surface area contributed by atoms with Crippen LogP contribution in [0, 0.1) is 0 Å². The summed E-state index contributed by atoms with van der Waals surface area (Å²) in [6.45, 7) is 7.37. The van der Waals surface area contributed by atoms with Crippen molar-refractivity contribution in [2.75, 3.05) is 50.9 Å². The summed E-state index contributed by atoms with van der Waals surface area (Å²) in [5.74, 6) is 0.602. The first-order valence-corrected chi connectivity index (χ1v) is 11.8. The first-order chi connectivity index (χ1) is 15.2. The Morgan fingerprint density at radius 3 is 2.81 bits per heavy atom. The molecule has 0 unspecified atom stereocenters. The lowest BCUT2D eigenvalue weighted by atomic mass is 10.2. The number of morpholine rings is 1. The Hall–Kier alpha value is -2.19. The summed E-state index contributed by atoms with van der Waals surface area (Å²) in [6.07, 6.45) is 0.838. The molecule has 1 saturated heterocycles. The van der Waals surface area contributed by atoms with Crippen LogP contribution >= 0.6 is 22.9 Å². The van der Waals surface area contributed by atoms with Gasteiger partial charge in [-0.05, 0) is 37.6 Å². The van der Waals surface area contributed by atoms with Gasteiger partial charge in [0.2, 0.25) is 0 Å². The van der Waals surface area contributed by atoms with E-state index in [1.807, 2.05) is 37.3 Å². The molecule has 1 fully saturated rings. The van der Waals surface area contributed by atoms with E-state index in [9.17, 15) is 4.79 Å². The number of aromatic nitrogens is 1. The van der Waals surface area contributed by atoms with E-state index in [1.165, 1.54) is 11.3 Å². The molecule has 1 aromatic heterocycles. The maximum Gasteiger partial charge on any atom is 0.261 e. The molecule has 1 aliphatic rings.